The highest BCUT2D eigenvalue weighted by molar-refractivity contribution is 6.05. The zero-order valence-electron chi connectivity index (χ0n) is 13.0. The molecule has 6 heteroatoms. The Bertz CT molecular complexity index is 864. The maximum Gasteiger partial charge on any atom is 0.273 e. The normalized spacial score (nSPS) is 17.2. The summed E-state index contributed by atoms with van der Waals surface area (Å²) in [4.78, 5) is 18.9. The van der Waals surface area contributed by atoms with Crippen LogP contribution in [-0.4, -0.2) is 45.2 Å². The van der Waals surface area contributed by atoms with Crippen molar-refractivity contribution in [3.05, 3.63) is 60.6 Å². The van der Waals surface area contributed by atoms with E-state index in [1.165, 1.54) is 0 Å². The first kappa shape index (κ1) is 14.6. The zero-order chi connectivity index (χ0) is 16.4. The van der Waals surface area contributed by atoms with E-state index in [4.69, 9.17) is 4.74 Å². The van der Waals surface area contributed by atoms with Crippen LogP contribution in [0.1, 0.15) is 16.9 Å². The minimum atomic E-state index is -0.0689. The number of pyridine rings is 1. The second-order valence-electron chi connectivity index (χ2n) is 5.72. The number of carbonyl (C=O) groups excluding carboxylic acids is 1. The molecule has 0 bridgehead atoms. The topological polar surface area (TPSA) is 68.2 Å². The molecule has 3 heterocycles. The van der Waals surface area contributed by atoms with Crippen molar-refractivity contribution in [3.8, 4) is 5.88 Å². The second kappa shape index (κ2) is 6.23. The largest absolute Gasteiger partial charge is 0.471 e. The second-order valence-corrected chi connectivity index (χ2v) is 5.72. The highest BCUT2D eigenvalue weighted by atomic mass is 16.5. The van der Waals surface area contributed by atoms with E-state index in [0.717, 1.165) is 17.2 Å². The molecule has 1 aliphatic rings. The van der Waals surface area contributed by atoms with Gasteiger partial charge in [-0.25, -0.2) is 0 Å². The predicted octanol–water partition coefficient (Wildman–Crippen LogP) is 2.32. The number of rotatable bonds is 3. The smallest absolute Gasteiger partial charge is 0.273 e. The van der Waals surface area contributed by atoms with Crippen LogP contribution in [0.5, 0.6) is 5.88 Å². The van der Waals surface area contributed by atoms with Crippen molar-refractivity contribution in [1.82, 2.24) is 20.1 Å². The molecule has 0 saturated carbocycles. The summed E-state index contributed by atoms with van der Waals surface area (Å²) in [6.45, 7) is 1.18. The molecule has 24 heavy (non-hydrogen) atoms. The first-order chi connectivity index (χ1) is 11.8. The van der Waals surface area contributed by atoms with Crippen molar-refractivity contribution in [2.24, 2.45) is 0 Å². The molecule has 0 radical (unpaired) electrons. The number of amides is 1. The van der Waals surface area contributed by atoms with Crippen LogP contribution < -0.4 is 4.74 Å². The molecule has 1 fully saturated rings. The molecule has 2 aromatic heterocycles. The van der Waals surface area contributed by atoms with Crippen LogP contribution >= 0.6 is 0 Å². The molecule has 6 nitrogen and oxygen atoms in total. The molecule has 120 valence electrons. The van der Waals surface area contributed by atoms with Crippen LogP contribution in [0.4, 0.5) is 0 Å². The highest BCUT2D eigenvalue weighted by Crippen LogP contribution is 2.21. The number of hydrogen-bond acceptors (Lipinski definition) is 5. The molecular weight excluding hydrogens is 304 g/mol. The van der Waals surface area contributed by atoms with Gasteiger partial charge in [0.15, 0.2) is 0 Å². The lowest BCUT2D eigenvalue weighted by molar-refractivity contribution is 0.0767. The summed E-state index contributed by atoms with van der Waals surface area (Å²) in [5.41, 5.74) is 0.494. The molecule has 1 amide bonds. The van der Waals surface area contributed by atoms with Crippen molar-refractivity contribution < 1.29 is 9.53 Å². The van der Waals surface area contributed by atoms with E-state index < -0.39 is 0 Å². The monoisotopic (exact) mass is 320 g/mol. The number of hydrogen-bond donors (Lipinski definition) is 0. The van der Waals surface area contributed by atoms with Gasteiger partial charge in [0.1, 0.15) is 11.8 Å². The lowest BCUT2D eigenvalue weighted by atomic mass is 10.1. The summed E-state index contributed by atoms with van der Waals surface area (Å²) in [6, 6.07) is 13.2. The van der Waals surface area contributed by atoms with Gasteiger partial charge in [-0.3, -0.25) is 9.78 Å². The van der Waals surface area contributed by atoms with E-state index in [2.05, 4.69) is 15.2 Å². The summed E-state index contributed by atoms with van der Waals surface area (Å²) >= 11 is 0. The first-order valence-electron chi connectivity index (χ1n) is 7.88. The predicted molar refractivity (Wildman–Crippen MR) is 88.7 cm³/mol. The molecule has 1 unspecified atom stereocenters. The fourth-order valence-electron chi connectivity index (χ4n) is 2.97. The third-order valence-electron chi connectivity index (χ3n) is 4.14. The minimum absolute atomic E-state index is 0.0583. The number of ether oxygens (including phenoxy) is 1. The molecule has 0 spiro atoms. The summed E-state index contributed by atoms with van der Waals surface area (Å²) in [5, 5.41) is 9.61. The number of nitrogens with zero attached hydrogens (tertiary/aromatic N) is 4. The molecular formula is C18H16N4O2. The van der Waals surface area contributed by atoms with Crippen LogP contribution in [-0.2, 0) is 0 Å². The van der Waals surface area contributed by atoms with Gasteiger partial charge in [0.25, 0.3) is 5.91 Å². The van der Waals surface area contributed by atoms with Crippen LogP contribution in [0, 0.1) is 0 Å². The van der Waals surface area contributed by atoms with Crippen molar-refractivity contribution >= 4 is 16.7 Å². The number of likely N-dealkylation sites (tertiary alicyclic amines) is 1. The number of fused-ring (bicyclic) bond motifs is 1. The Hall–Kier alpha value is -3.02. The zero-order valence-corrected chi connectivity index (χ0v) is 13.0. The summed E-state index contributed by atoms with van der Waals surface area (Å²) in [7, 11) is 0. The van der Waals surface area contributed by atoms with Crippen LogP contribution in [0.15, 0.2) is 54.9 Å². The summed E-state index contributed by atoms with van der Waals surface area (Å²) in [5.74, 6) is 0.428. The van der Waals surface area contributed by atoms with Gasteiger partial charge in [0.2, 0.25) is 5.88 Å². The van der Waals surface area contributed by atoms with Crippen molar-refractivity contribution in [2.45, 2.75) is 12.5 Å². The van der Waals surface area contributed by atoms with Gasteiger partial charge in [0.05, 0.1) is 6.54 Å². The van der Waals surface area contributed by atoms with Gasteiger partial charge < -0.3 is 9.64 Å². The quantitative estimate of drug-likeness (QED) is 0.741. The fourth-order valence-corrected chi connectivity index (χ4v) is 2.97. The molecule has 1 aromatic carbocycles. The Balaban J connectivity index is 1.51. The number of aromatic nitrogens is 3. The first-order valence-corrected chi connectivity index (χ1v) is 7.88. The lowest BCUT2D eigenvalue weighted by Gasteiger charge is -2.17. The Morgan fingerprint density at radius 2 is 2.04 bits per heavy atom. The van der Waals surface area contributed by atoms with Crippen molar-refractivity contribution in [3.63, 3.8) is 0 Å². The Morgan fingerprint density at radius 3 is 2.92 bits per heavy atom. The van der Waals surface area contributed by atoms with E-state index in [9.17, 15) is 4.79 Å². The number of benzene rings is 1. The number of carbonyl (C=O) groups is 1. The maximum atomic E-state index is 12.8. The van der Waals surface area contributed by atoms with Crippen molar-refractivity contribution in [2.75, 3.05) is 13.1 Å². The van der Waals surface area contributed by atoms with E-state index in [1.807, 2.05) is 30.3 Å². The van der Waals surface area contributed by atoms with Crippen LogP contribution in [0.2, 0.25) is 0 Å². The van der Waals surface area contributed by atoms with E-state index in [1.54, 1.807) is 29.4 Å². The third-order valence-corrected chi connectivity index (χ3v) is 4.14. The van der Waals surface area contributed by atoms with E-state index in [-0.39, 0.29) is 12.0 Å². The average Bonchev–Trinajstić information content (AvgIpc) is 3.10. The standard InChI is InChI=1S/C18H16N4O2/c23-18(17-15-5-2-1-4-13(15)7-10-19-17)22-11-8-14(12-22)24-16-6-3-9-20-21-16/h1-7,9-10,14H,8,11-12H2. The Morgan fingerprint density at radius 1 is 1.12 bits per heavy atom. The van der Waals surface area contributed by atoms with Crippen LogP contribution in [0.25, 0.3) is 10.8 Å². The van der Waals surface area contributed by atoms with E-state index >= 15 is 0 Å². The maximum absolute atomic E-state index is 12.8. The third kappa shape index (κ3) is 2.78. The lowest BCUT2D eigenvalue weighted by Crippen LogP contribution is -2.31. The molecule has 3 aromatic rings. The van der Waals surface area contributed by atoms with Gasteiger partial charge in [-0.05, 0) is 17.5 Å². The SMILES string of the molecule is O=C(c1nccc2ccccc12)N1CCC(Oc2cccnn2)C1. The Labute approximate surface area is 139 Å². The molecule has 1 saturated heterocycles. The van der Waals surface area contributed by atoms with Gasteiger partial charge in [-0.1, -0.05) is 24.3 Å². The minimum Gasteiger partial charge on any atom is -0.471 e. The van der Waals surface area contributed by atoms with Gasteiger partial charge in [-0.2, -0.15) is 5.10 Å². The van der Waals surface area contributed by atoms with Crippen LogP contribution in [0.3, 0.4) is 0 Å². The average molecular weight is 320 g/mol. The molecule has 4 rings (SSSR count). The summed E-state index contributed by atoms with van der Waals surface area (Å²) in [6.07, 6.45) is 3.98. The molecule has 1 aliphatic heterocycles. The van der Waals surface area contributed by atoms with Gasteiger partial charge in [0, 0.05) is 36.8 Å². The molecule has 0 N–H and O–H groups in total. The van der Waals surface area contributed by atoms with Gasteiger partial charge in [-0.15, -0.1) is 5.10 Å². The van der Waals surface area contributed by atoms with Gasteiger partial charge >= 0.3 is 0 Å². The molecule has 0 aliphatic carbocycles. The Kier molecular flexibility index (Phi) is 3.78. The molecule has 1 atom stereocenters. The summed E-state index contributed by atoms with van der Waals surface area (Å²) < 4.78 is 5.79. The highest BCUT2D eigenvalue weighted by Gasteiger charge is 2.29. The van der Waals surface area contributed by atoms with E-state index in [0.29, 0.717) is 24.7 Å². The van der Waals surface area contributed by atoms with Crippen molar-refractivity contribution in [1.29, 1.82) is 0 Å². The fraction of sp³-hybridized carbons (Fsp3) is 0.222.